The lowest BCUT2D eigenvalue weighted by Gasteiger charge is -2.03. The summed E-state index contributed by atoms with van der Waals surface area (Å²) < 4.78 is 0. The summed E-state index contributed by atoms with van der Waals surface area (Å²) in [5, 5.41) is 17.8. The van der Waals surface area contributed by atoms with Gasteiger partial charge in [0.05, 0.1) is 6.07 Å². The highest BCUT2D eigenvalue weighted by molar-refractivity contribution is 5.59. The first-order valence-electron chi connectivity index (χ1n) is 4.76. The van der Waals surface area contributed by atoms with Gasteiger partial charge in [-0.2, -0.15) is 5.26 Å². The molecule has 0 aromatic heterocycles. The van der Waals surface area contributed by atoms with Crippen molar-refractivity contribution in [1.29, 1.82) is 5.26 Å². The Kier molecular flexibility index (Phi) is 3.70. The molecule has 0 heterocycles. The number of phenolic OH excluding ortho intramolecular Hbond substituents is 1. The van der Waals surface area contributed by atoms with Gasteiger partial charge in [-0.15, -0.1) is 0 Å². The maximum Gasteiger partial charge on any atom is 0.115 e. The van der Waals surface area contributed by atoms with Crippen molar-refractivity contribution in [1.82, 2.24) is 0 Å². The molecular formula is C13H13NO. The van der Waals surface area contributed by atoms with Crippen LogP contribution in [0.4, 0.5) is 0 Å². The van der Waals surface area contributed by atoms with E-state index in [0.717, 1.165) is 17.5 Å². The van der Waals surface area contributed by atoms with Crippen molar-refractivity contribution in [3.8, 4) is 11.8 Å². The normalized spacial score (nSPS) is 10.1. The van der Waals surface area contributed by atoms with E-state index in [0.29, 0.717) is 5.57 Å². The highest BCUT2D eigenvalue weighted by Gasteiger charge is 1.98. The maximum atomic E-state index is 9.30. The first-order chi connectivity index (χ1) is 7.17. The largest absolute Gasteiger partial charge is 0.508 e. The summed E-state index contributed by atoms with van der Waals surface area (Å²) in [5.41, 5.74) is 2.48. The van der Waals surface area contributed by atoms with Crippen LogP contribution in [-0.4, -0.2) is 5.11 Å². The Labute approximate surface area is 89.8 Å². The smallest absolute Gasteiger partial charge is 0.115 e. The van der Waals surface area contributed by atoms with E-state index in [-0.39, 0.29) is 5.75 Å². The molecule has 2 heteroatoms. The van der Waals surface area contributed by atoms with Crippen molar-refractivity contribution >= 4 is 6.08 Å². The lowest BCUT2D eigenvalue weighted by Crippen LogP contribution is -1.85. The number of hydrogen-bond acceptors (Lipinski definition) is 2. The van der Waals surface area contributed by atoms with Crippen LogP contribution in [0.1, 0.15) is 18.1 Å². The molecule has 0 aliphatic heterocycles. The van der Waals surface area contributed by atoms with E-state index in [1.807, 2.05) is 25.1 Å². The first-order valence-corrected chi connectivity index (χ1v) is 4.76. The lowest BCUT2D eigenvalue weighted by atomic mass is 10.0. The van der Waals surface area contributed by atoms with E-state index >= 15 is 0 Å². The zero-order valence-corrected chi connectivity index (χ0v) is 8.70. The van der Waals surface area contributed by atoms with E-state index in [4.69, 9.17) is 5.26 Å². The van der Waals surface area contributed by atoms with Crippen molar-refractivity contribution in [3.05, 3.63) is 47.6 Å². The van der Waals surface area contributed by atoms with Gasteiger partial charge in [0.1, 0.15) is 5.75 Å². The zero-order chi connectivity index (χ0) is 11.3. The van der Waals surface area contributed by atoms with Gasteiger partial charge in [-0.05, 0) is 35.8 Å². The lowest BCUT2D eigenvalue weighted by molar-refractivity contribution is 0.474. The van der Waals surface area contributed by atoms with E-state index in [1.165, 1.54) is 0 Å². The van der Waals surface area contributed by atoms with Gasteiger partial charge >= 0.3 is 0 Å². The summed E-state index contributed by atoms with van der Waals surface area (Å²) in [6.45, 7) is 5.58. The maximum absolute atomic E-state index is 9.30. The molecular weight excluding hydrogens is 186 g/mol. The number of hydrogen-bond donors (Lipinski definition) is 1. The molecule has 0 fully saturated rings. The van der Waals surface area contributed by atoms with E-state index in [2.05, 4.69) is 6.58 Å². The fourth-order valence-corrected chi connectivity index (χ4v) is 1.29. The van der Waals surface area contributed by atoms with Crippen molar-refractivity contribution in [2.24, 2.45) is 0 Å². The molecule has 1 rings (SSSR count). The standard InChI is InChI=1S/C13H13NO/c1-3-11-8-13(15)7-6-12(11)5-4-10(2)9-14/h4-8,15H,2-3H2,1H3/b5-4-. The van der Waals surface area contributed by atoms with Gasteiger partial charge in [0.15, 0.2) is 0 Å². The Balaban J connectivity index is 3.00. The molecule has 2 nitrogen and oxygen atoms in total. The number of benzene rings is 1. The van der Waals surface area contributed by atoms with Crippen LogP contribution in [0.3, 0.4) is 0 Å². The second-order valence-corrected chi connectivity index (χ2v) is 3.21. The molecule has 0 radical (unpaired) electrons. The number of rotatable bonds is 3. The molecule has 15 heavy (non-hydrogen) atoms. The van der Waals surface area contributed by atoms with Crippen molar-refractivity contribution < 1.29 is 5.11 Å². The van der Waals surface area contributed by atoms with Crippen LogP contribution in [0.25, 0.3) is 6.08 Å². The quantitative estimate of drug-likeness (QED) is 0.600. The average Bonchev–Trinajstić information content (AvgIpc) is 2.26. The van der Waals surface area contributed by atoms with E-state index in [1.54, 1.807) is 18.2 Å². The van der Waals surface area contributed by atoms with Gasteiger partial charge in [0, 0.05) is 5.57 Å². The fourth-order valence-electron chi connectivity index (χ4n) is 1.29. The number of nitrogens with zero attached hydrogens (tertiary/aromatic N) is 1. The molecule has 0 saturated carbocycles. The summed E-state index contributed by atoms with van der Waals surface area (Å²) in [6, 6.07) is 7.15. The second-order valence-electron chi connectivity index (χ2n) is 3.21. The van der Waals surface area contributed by atoms with Gasteiger partial charge in [-0.1, -0.05) is 25.6 Å². The van der Waals surface area contributed by atoms with Gasteiger partial charge in [-0.3, -0.25) is 0 Å². The summed E-state index contributed by atoms with van der Waals surface area (Å²) in [6.07, 6.45) is 4.35. The molecule has 1 aromatic carbocycles. The third-order valence-corrected chi connectivity index (χ3v) is 2.12. The molecule has 0 aliphatic rings. The molecule has 0 spiro atoms. The molecule has 0 aliphatic carbocycles. The van der Waals surface area contributed by atoms with E-state index in [9.17, 15) is 5.11 Å². The van der Waals surface area contributed by atoms with Gasteiger partial charge in [0.2, 0.25) is 0 Å². The number of aromatic hydroxyl groups is 1. The SMILES string of the molecule is C=C(C#N)/C=C\c1ccc(O)cc1CC. The Bertz CT molecular complexity index is 438. The van der Waals surface area contributed by atoms with Crippen LogP contribution in [-0.2, 0) is 6.42 Å². The fraction of sp³-hybridized carbons (Fsp3) is 0.154. The Hall–Kier alpha value is -2.01. The minimum atomic E-state index is 0.267. The Morgan fingerprint density at radius 1 is 1.60 bits per heavy atom. The van der Waals surface area contributed by atoms with Gasteiger partial charge in [0.25, 0.3) is 0 Å². The number of phenols is 1. The van der Waals surface area contributed by atoms with Crippen molar-refractivity contribution in [2.75, 3.05) is 0 Å². The summed E-state index contributed by atoms with van der Waals surface area (Å²) >= 11 is 0. The Morgan fingerprint density at radius 2 is 2.33 bits per heavy atom. The Morgan fingerprint density at radius 3 is 2.93 bits per heavy atom. The molecule has 0 unspecified atom stereocenters. The predicted octanol–water partition coefficient (Wildman–Crippen LogP) is 3.05. The van der Waals surface area contributed by atoms with Crippen molar-refractivity contribution in [2.45, 2.75) is 13.3 Å². The number of nitriles is 1. The van der Waals surface area contributed by atoms with Crippen LogP contribution in [0, 0.1) is 11.3 Å². The second kappa shape index (κ2) is 5.02. The monoisotopic (exact) mass is 199 g/mol. The van der Waals surface area contributed by atoms with Crippen LogP contribution in [0.5, 0.6) is 5.75 Å². The van der Waals surface area contributed by atoms with Crippen LogP contribution >= 0.6 is 0 Å². The minimum absolute atomic E-state index is 0.267. The minimum Gasteiger partial charge on any atom is -0.508 e. The van der Waals surface area contributed by atoms with Crippen LogP contribution < -0.4 is 0 Å². The first kappa shape index (κ1) is 11.1. The molecule has 0 atom stereocenters. The van der Waals surface area contributed by atoms with E-state index < -0.39 is 0 Å². The molecule has 0 bridgehead atoms. The molecule has 0 amide bonds. The average molecular weight is 199 g/mol. The van der Waals surface area contributed by atoms with Crippen molar-refractivity contribution in [3.63, 3.8) is 0 Å². The van der Waals surface area contributed by atoms with Crippen LogP contribution in [0.2, 0.25) is 0 Å². The molecule has 0 saturated heterocycles. The summed E-state index contributed by atoms with van der Waals surface area (Å²) in [7, 11) is 0. The molecule has 76 valence electrons. The summed E-state index contributed by atoms with van der Waals surface area (Å²) in [4.78, 5) is 0. The predicted molar refractivity (Wildman–Crippen MR) is 61.3 cm³/mol. The molecule has 1 aromatic rings. The zero-order valence-electron chi connectivity index (χ0n) is 8.70. The molecule has 1 N–H and O–H groups in total. The highest BCUT2D eigenvalue weighted by Crippen LogP contribution is 2.18. The van der Waals surface area contributed by atoms with Crippen LogP contribution in [0.15, 0.2) is 36.4 Å². The van der Waals surface area contributed by atoms with Gasteiger partial charge in [-0.25, -0.2) is 0 Å². The third kappa shape index (κ3) is 2.99. The number of aryl methyl sites for hydroxylation is 1. The topological polar surface area (TPSA) is 44.0 Å². The summed E-state index contributed by atoms with van der Waals surface area (Å²) in [5.74, 6) is 0.267. The number of allylic oxidation sites excluding steroid dienone is 2. The third-order valence-electron chi connectivity index (χ3n) is 2.12. The van der Waals surface area contributed by atoms with Gasteiger partial charge < -0.3 is 5.11 Å². The highest BCUT2D eigenvalue weighted by atomic mass is 16.3.